The summed E-state index contributed by atoms with van der Waals surface area (Å²) in [5, 5.41) is 2.75. The van der Waals surface area contributed by atoms with Gasteiger partial charge in [0.15, 0.2) is 0 Å². The minimum absolute atomic E-state index is 0.187. The summed E-state index contributed by atoms with van der Waals surface area (Å²) in [7, 11) is 0. The third-order valence-electron chi connectivity index (χ3n) is 2.87. The van der Waals surface area contributed by atoms with Crippen LogP contribution in [0.3, 0.4) is 0 Å². The largest absolute Gasteiger partial charge is 0.450 e. The van der Waals surface area contributed by atoms with Gasteiger partial charge in [-0.15, -0.1) is 4.91 Å². The molecule has 0 aliphatic heterocycles. The lowest BCUT2D eigenvalue weighted by Crippen LogP contribution is -2.28. The quantitative estimate of drug-likeness (QED) is 0.730. The molecule has 1 aromatic carbocycles. The molecule has 0 N–H and O–H groups in total. The van der Waals surface area contributed by atoms with Crippen molar-refractivity contribution in [2.75, 3.05) is 0 Å². The van der Waals surface area contributed by atoms with E-state index in [2.05, 4.69) is 5.18 Å². The molecule has 0 radical (unpaired) electrons. The molecule has 0 saturated heterocycles. The van der Waals surface area contributed by atoms with Gasteiger partial charge >= 0.3 is 6.18 Å². The summed E-state index contributed by atoms with van der Waals surface area (Å²) in [5.74, 6) is -2.69. The van der Waals surface area contributed by atoms with Crippen LogP contribution in [-0.2, 0) is 11.2 Å². The molecule has 1 rings (SSSR count). The van der Waals surface area contributed by atoms with Crippen molar-refractivity contribution in [3.63, 3.8) is 0 Å². The fourth-order valence-corrected chi connectivity index (χ4v) is 1.75. The van der Waals surface area contributed by atoms with Crippen molar-refractivity contribution in [1.29, 1.82) is 0 Å². The molecule has 1 aromatic rings. The van der Waals surface area contributed by atoms with Crippen molar-refractivity contribution in [1.82, 2.24) is 0 Å². The highest BCUT2D eigenvalue weighted by Crippen LogP contribution is 2.24. The number of aryl methyl sites for hydroxylation is 1. The van der Waals surface area contributed by atoms with Gasteiger partial charge in [-0.3, -0.25) is 4.79 Å². The Morgan fingerprint density at radius 3 is 2.32 bits per heavy atom. The Hall–Kier alpha value is -1.72. The summed E-state index contributed by atoms with van der Waals surface area (Å²) in [5.41, 5.74) is 1.21. The van der Waals surface area contributed by atoms with Crippen LogP contribution in [0.4, 0.5) is 18.9 Å². The second-order valence-electron chi connectivity index (χ2n) is 4.41. The van der Waals surface area contributed by atoms with Gasteiger partial charge in [0, 0.05) is 5.92 Å². The molecule has 0 amide bonds. The first-order chi connectivity index (χ1) is 8.84. The maximum absolute atomic E-state index is 12.1. The predicted molar refractivity (Wildman–Crippen MR) is 65.1 cm³/mol. The summed E-state index contributed by atoms with van der Waals surface area (Å²) in [6, 6.07) is 6.50. The number of hydrogen-bond acceptors (Lipinski definition) is 3. The number of halogens is 3. The normalized spacial score (nSPS) is 13.1. The minimum Gasteiger partial charge on any atom is -0.289 e. The molecule has 0 unspecified atom stereocenters. The smallest absolute Gasteiger partial charge is 0.289 e. The fraction of sp³-hybridized carbons (Fsp3) is 0.462. The average Bonchev–Trinajstić information content (AvgIpc) is 2.37. The van der Waals surface area contributed by atoms with E-state index in [1.54, 1.807) is 24.3 Å². The highest BCUT2D eigenvalue weighted by molar-refractivity contribution is 5.85. The van der Waals surface area contributed by atoms with Crippen LogP contribution in [0, 0.1) is 10.8 Å². The maximum atomic E-state index is 12.1. The molecule has 104 valence electrons. The zero-order valence-corrected chi connectivity index (χ0v) is 10.4. The van der Waals surface area contributed by atoms with Gasteiger partial charge in [0.05, 0.1) is 0 Å². The molecule has 0 bridgehead atoms. The van der Waals surface area contributed by atoms with Gasteiger partial charge < -0.3 is 0 Å². The first-order valence-electron chi connectivity index (χ1n) is 5.88. The molecular weight excluding hydrogens is 259 g/mol. The third-order valence-corrected chi connectivity index (χ3v) is 2.87. The van der Waals surface area contributed by atoms with E-state index in [4.69, 9.17) is 0 Å². The number of alkyl halides is 3. The van der Waals surface area contributed by atoms with Crippen molar-refractivity contribution in [3.8, 4) is 0 Å². The Balaban J connectivity index is 2.41. The summed E-state index contributed by atoms with van der Waals surface area (Å²) >= 11 is 0. The Morgan fingerprint density at radius 1 is 1.26 bits per heavy atom. The number of nitrogens with zero attached hydrogens (tertiary/aromatic N) is 1. The van der Waals surface area contributed by atoms with E-state index in [1.165, 1.54) is 6.92 Å². The Labute approximate surface area is 108 Å². The molecule has 0 saturated carbocycles. The molecular formula is C13H14F3NO2. The third kappa shape index (κ3) is 4.81. The van der Waals surface area contributed by atoms with E-state index in [9.17, 15) is 22.9 Å². The number of carbonyl (C=O) groups is 1. The summed E-state index contributed by atoms with van der Waals surface area (Å²) in [6.45, 7) is 1.29. The number of carbonyl (C=O) groups excluding carboxylic acids is 1. The summed E-state index contributed by atoms with van der Waals surface area (Å²) < 4.78 is 36.4. The van der Waals surface area contributed by atoms with Gasteiger partial charge in [-0.2, -0.15) is 13.2 Å². The van der Waals surface area contributed by atoms with Gasteiger partial charge in [-0.05, 0) is 42.1 Å². The van der Waals surface area contributed by atoms with Crippen LogP contribution < -0.4 is 0 Å². The second kappa shape index (κ2) is 6.45. The number of nitroso groups, excluding NO2 is 1. The van der Waals surface area contributed by atoms with E-state index >= 15 is 0 Å². The van der Waals surface area contributed by atoms with E-state index in [-0.39, 0.29) is 6.42 Å². The average molecular weight is 273 g/mol. The number of hydrogen-bond donors (Lipinski definition) is 0. The topological polar surface area (TPSA) is 46.5 Å². The van der Waals surface area contributed by atoms with Crippen LogP contribution in [0.1, 0.15) is 25.3 Å². The van der Waals surface area contributed by atoms with E-state index < -0.39 is 17.9 Å². The predicted octanol–water partition coefficient (Wildman–Crippen LogP) is 4.17. The molecule has 19 heavy (non-hydrogen) atoms. The van der Waals surface area contributed by atoms with Crippen molar-refractivity contribution < 1.29 is 18.0 Å². The number of Topliss-reactive ketones (excluding diaryl/α,β-unsaturated/α-hetero) is 1. The fourth-order valence-electron chi connectivity index (χ4n) is 1.75. The monoisotopic (exact) mass is 273 g/mol. The Morgan fingerprint density at radius 2 is 1.84 bits per heavy atom. The SMILES string of the molecule is C[C@@H](CCCc1ccc(N=O)cc1)C(=O)C(F)(F)F. The standard InChI is InChI=1S/C13H14F3NO2/c1-9(12(18)13(14,15)16)3-2-4-10-5-7-11(17-19)8-6-10/h5-9H,2-4H2,1H3/t9-/m0/s1. The molecule has 0 fully saturated rings. The van der Waals surface area contributed by atoms with Crippen LogP contribution in [0.5, 0.6) is 0 Å². The molecule has 0 aliphatic rings. The molecule has 0 spiro atoms. The lowest BCUT2D eigenvalue weighted by Gasteiger charge is -2.12. The van der Waals surface area contributed by atoms with Crippen LogP contribution in [0.15, 0.2) is 29.4 Å². The summed E-state index contributed by atoms with van der Waals surface area (Å²) in [6.07, 6.45) is -3.52. The molecule has 1 atom stereocenters. The number of benzene rings is 1. The second-order valence-corrected chi connectivity index (χ2v) is 4.41. The van der Waals surface area contributed by atoms with Crippen LogP contribution in [0.25, 0.3) is 0 Å². The molecule has 0 heterocycles. The van der Waals surface area contributed by atoms with Crippen molar-refractivity contribution in [3.05, 3.63) is 34.7 Å². The Bertz CT molecular complexity index is 440. The lowest BCUT2D eigenvalue weighted by molar-refractivity contribution is -0.175. The van der Waals surface area contributed by atoms with Gasteiger partial charge in [0.2, 0.25) is 5.78 Å². The van der Waals surface area contributed by atoms with Crippen molar-refractivity contribution in [2.45, 2.75) is 32.4 Å². The Kier molecular flexibility index (Phi) is 5.20. The number of rotatable bonds is 6. The first kappa shape index (κ1) is 15.3. The van der Waals surface area contributed by atoms with Gasteiger partial charge in [0.25, 0.3) is 0 Å². The molecule has 0 aliphatic carbocycles. The van der Waals surface area contributed by atoms with Crippen LogP contribution in [0.2, 0.25) is 0 Å². The lowest BCUT2D eigenvalue weighted by atomic mass is 9.97. The minimum atomic E-state index is -4.75. The van der Waals surface area contributed by atoms with E-state index in [1.807, 2.05) is 0 Å². The van der Waals surface area contributed by atoms with Crippen molar-refractivity contribution in [2.24, 2.45) is 11.1 Å². The highest BCUT2D eigenvalue weighted by atomic mass is 19.4. The van der Waals surface area contributed by atoms with Crippen LogP contribution >= 0.6 is 0 Å². The van der Waals surface area contributed by atoms with Gasteiger partial charge in [-0.1, -0.05) is 19.1 Å². The maximum Gasteiger partial charge on any atom is 0.450 e. The van der Waals surface area contributed by atoms with E-state index in [0.29, 0.717) is 18.5 Å². The molecule has 3 nitrogen and oxygen atoms in total. The van der Waals surface area contributed by atoms with Crippen LogP contribution in [-0.4, -0.2) is 12.0 Å². The van der Waals surface area contributed by atoms with Crippen molar-refractivity contribution >= 4 is 11.5 Å². The van der Waals surface area contributed by atoms with Gasteiger partial charge in [-0.25, -0.2) is 0 Å². The molecule has 6 heteroatoms. The zero-order valence-electron chi connectivity index (χ0n) is 10.4. The summed E-state index contributed by atoms with van der Waals surface area (Å²) in [4.78, 5) is 21.1. The van der Waals surface area contributed by atoms with Gasteiger partial charge in [0.1, 0.15) is 5.69 Å². The zero-order chi connectivity index (χ0) is 14.5. The first-order valence-corrected chi connectivity index (χ1v) is 5.88. The number of ketones is 1. The van der Waals surface area contributed by atoms with E-state index in [0.717, 1.165) is 5.56 Å². The molecule has 0 aromatic heterocycles. The highest BCUT2D eigenvalue weighted by Gasteiger charge is 2.40.